The number of sulfonamides is 1. The van der Waals surface area contributed by atoms with Crippen LogP contribution in [0, 0.1) is 0 Å². The van der Waals surface area contributed by atoms with E-state index in [9.17, 15) is 17.2 Å². The molecule has 0 unspecified atom stereocenters. The van der Waals surface area contributed by atoms with Crippen molar-refractivity contribution in [2.24, 2.45) is 5.73 Å². The van der Waals surface area contributed by atoms with Crippen molar-refractivity contribution in [3.63, 3.8) is 0 Å². The van der Waals surface area contributed by atoms with Gasteiger partial charge in [0.25, 0.3) is 5.92 Å². The van der Waals surface area contributed by atoms with Crippen LogP contribution in [0.25, 0.3) is 0 Å². The Morgan fingerprint density at radius 1 is 1.18 bits per heavy atom. The Hall–Kier alpha value is -3.38. The number of hydrogen-bond acceptors (Lipinski definition) is 8. The number of halogens is 2. The Morgan fingerprint density at radius 3 is 2.61 bits per heavy atom. The first kappa shape index (κ1) is 24.3. The highest BCUT2D eigenvalue weighted by Crippen LogP contribution is 2.33. The molecule has 0 bridgehead atoms. The fraction of sp³-hybridized carbons (Fsp3) is 0.286. The molecule has 0 saturated carbocycles. The highest BCUT2D eigenvalue weighted by Gasteiger charge is 2.30. The maximum Gasteiger partial charge on any atom is 0.275 e. The van der Waals surface area contributed by atoms with Crippen LogP contribution in [0.5, 0.6) is 0 Å². The molecule has 0 fully saturated rings. The molecule has 3 rings (SSSR count). The third kappa shape index (κ3) is 6.11. The van der Waals surface area contributed by atoms with Gasteiger partial charge in [0.05, 0.1) is 11.8 Å². The summed E-state index contributed by atoms with van der Waals surface area (Å²) in [6.45, 7) is 1.10. The first-order valence-electron chi connectivity index (χ1n) is 9.92. The topological polar surface area (TPSA) is 126 Å². The van der Waals surface area contributed by atoms with Crippen LogP contribution < -0.4 is 20.7 Å². The minimum Gasteiger partial charge on any atom is -0.365 e. The molecule has 9 nitrogen and oxygen atoms in total. The third-order valence-electron chi connectivity index (χ3n) is 4.79. The number of benzene rings is 1. The second kappa shape index (κ2) is 9.63. The molecule has 0 spiro atoms. The third-order valence-corrected chi connectivity index (χ3v) is 5.96. The number of rotatable bonds is 9. The second-order valence-electron chi connectivity index (χ2n) is 7.44. The SMILES string of the molecule is CN(c1ncccc1CNc1nc(Nc2cccc(CN)c2)ncc1C(C)(F)F)S(C)(=O)=O. The zero-order valence-corrected chi connectivity index (χ0v) is 19.2. The monoisotopic (exact) mass is 477 g/mol. The number of nitrogens with two attached hydrogens (primary N) is 1. The van der Waals surface area contributed by atoms with Crippen molar-refractivity contribution in [3.05, 3.63) is 65.5 Å². The van der Waals surface area contributed by atoms with Crippen LogP contribution in [0.3, 0.4) is 0 Å². The van der Waals surface area contributed by atoms with Crippen LogP contribution >= 0.6 is 0 Å². The van der Waals surface area contributed by atoms with Crippen molar-refractivity contribution in [1.82, 2.24) is 15.0 Å². The molecular formula is C21H25F2N7O2S. The number of nitrogens with zero attached hydrogens (tertiary/aromatic N) is 4. The molecule has 4 N–H and O–H groups in total. The predicted molar refractivity (Wildman–Crippen MR) is 124 cm³/mol. The fourth-order valence-electron chi connectivity index (χ4n) is 2.99. The highest BCUT2D eigenvalue weighted by atomic mass is 32.2. The van der Waals surface area contributed by atoms with Crippen molar-refractivity contribution in [3.8, 4) is 0 Å². The summed E-state index contributed by atoms with van der Waals surface area (Å²) in [5, 5.41) is 5.86. The van der Waals surface area contributed by atoms with E-state index in [1.54, 1.807) is 24.3 Å². The van der Waals surface area contributed by atoms with Crippen LogP contribution in [0.15, 0.2) is 48.8 Å². The quantitative estimate of drug-likeness (QED) is 0.429. The maximum atomic E-state index is 14.2. The van der Waals surface area contributed by atoms with Crippen LogP contribution in [0.4, 0.5) is 32.1 Å². The summed E-state index contributed by atoms with van der Waals surface area (Å²) >= 11 is 0. The summed E-state index contributed by atoms with van der Waals surface area (Å²) < 4.78 is 53.3. The first-order chi connectivity index (χ1) is 15.5. The van der Waals surface area contributed by atoms with E-state index < -0.39 is 21.5 Å². The van der Waals surface area contributed by atoms with Gasteiger partial charge in [0.1, 0.15) is 11.6 Å². The van der Waals surface area contributed by atoms with E-state index in [4.69, 9.17) is 5.73 Å². The molecule has 0 saturated heterocycles. The molecule has 12 heteroatoms. The molecule has 2 heterocycles. The van der Waals surface area contributed by atoms with Gasteiger partial charge in [0, 0.05) is 50.7 Å². The van der Waals surface area contributed by atoms with Gasteiger partial charge in [-0.15, -0.1) is 0 Å². The van der Waals surface area contributed by atoms with E-state index in [2.05, 4.69) is 25.6 Å². The van der Waals surface area contributed by atoms with Crippen molar-refractivity contribution < 1.29 is 17.2 Å². The Balaban J connectivity index is 1.91. The summed E-state index contributed by atoms with van der Waals surface area (Å²) in [6.07, 6.45) is 3.56. The van der Waals surface area contributed by atoms with Gasteiger partial charge in [-0.1, -0.05) is 18.2 Å². The standard InChI is InChI=1S/C21H25F2N7O2S/c1-21(22,23)17-13-27-20(28-16-8-4-6-14(10-16)11-24)29-18(17)26-12-15-7-5-9-25-19(15)30(2)33(3,31)32/h4-10,13H,11-12,24H2,1-3H3,(H2,26,27,28,29). The lowest BCUT2D eigenvalue weighted by molar-refractivity contribution is 0.0176. The zero-order valence-electron chi connectivity index (χ0n) is 18.4. The van der Waals surface area contributed by atoms with E-state index in [0.29, 0.717) is 17.8 Å². The summed E-state index contributed by atoms with van der Waals surface area (Å²) in [5.74, 6) is -3.00. The zero-order chi connectivity index (χ0) is 24.2. The van der Waals surface area contributed by atoms with Crippen LogP contribution in [-0.4, -0.2) is 36.7 Å². The maximum absolute atomic E-state index is 14.2. The Labute approximate surface area is 191 Å². The van der Waals surface area contributed by atoms with Gasteiger partial charge >= 0.3 is 0 Å². The first-order valence-corrected chi connectivity index (χ1v) is 11.8. The largest absolute Gasteiger partial charge is 0.365 e. The Morgan fingerprint density at radius 2 is 1.94 bits per heavy atom. The van der Waals surface area contributed by atoms with Gasteiger partial charge in [-0.3, -0.25) is 4.31 Å². The summed E-state index contributed by atoms with van der Waals surface area (Å²) in [5.41, 5.74) is 7.29. The smallest absolute Gasteiger partial charge is 0.275 e. The Kier molecular flexibility index (Phi) is 7.08. The van der Waals surface area contributed by atoms with Gasteiger partial charge in [-0.05, 0) is 23.8 Å². The van der Waals surface area contributed by atoms with Crippen molar-refractivity contribution in [2.45, 2.75) is 25.9 Å². The highest BCUT2D eigenvalue weighted by molar-refractivity contribution is 7.92. The minimum atomic E-state index is -3.56. The predicted octanol–water partition coefficient (Wildman–Crippen LogP) is 3.19. The number of nitrogens with one attached hydrogen (secondary N) is 2. The van der Waals surface area contributed by atoms with E-state index in [1.807, 2.05) is 12.1 Å². The lowest BCUT2D eigenvalue weighted by atomic mass is 10.1. The number of alkyl halides is 2. The molecule has 0 aliphatic carbocycles. The minimum absolute atomic E-state index is 0.00518. The van der Waals surface area contributed by atoms with Crippen molar-refractivity contribution in [2.75, 3.05) is 28.2 Å². The number of hydrogen-bond donors (Lipinski definition) is 3. The average molecular weight is 478 g/mol. The molecule has 2 aromatic heterocycles. The van der Waals surface area contributed by atoms with E-state index in [0.717, 1.165) is 29.2 Å². The molecule has 0 aliphatic heterocycles. The van der Waals surface area contributed by atoms with Gasteiger partial charge in [-0.25, -0.2) is 27.2 Å². The number of anilines is 4. The van der Waals surface area contributed by atoms with Crippen LogP contribution in [-0.2, 0) is 29.0 Å². The van der Waals surface area contributed by atoms with Gasteiger partial charge in [-0.2, -0.15) is 4.98 Å². The van der Waals surface area contributed by atoms with Gasteiger partial charge in [0.15, 0.2) is 0 Å². The molecule has 0 amide bonds. The molecule has 3 aromatic rings. The van der Waals surface area contributed by atoms with E-state index in [-0.39, 0.29) is 24.1 Å². The summed E-state index contributed by atoms with van der Waals surface area (Å²) in [4.78, 5) is 12.4. The van der Waals surface area contributed by atoms with Crippen molar-refractivity contribution in [1.29, 1.82) is 0 Å². The normalized spacial score (nSPS) is 11.8. The second-order valence-corrected chi connectivity index (χ2v) is 9.46. The van der Waals surface area contributed by atoms with Crippen molar-refractivity contribution >= 4 is 33.3 Å². The number of pyridine rings is 1. The van der Waals surface area contributed by atoms with Crippen LogP contribution in [0.1, 0.15) is 23.6 Å². The Bertz CT molecular complexity index is 1230. The molecule has 1 aromatic carbocycles. The molecular weight excluding hydrogens is 452 g/mol. The average Bonchev–Trinajstić information content (AvgIpc) is 2.76. The van der Waals surface area contributed by atoms with E-state index in [1.165, 1.54) is 13.2 Å². The molecule has 33 heavy (non-hydrogen) atoms. The molecule has 176 valence electrons. The summed E-state index contributed by atoms with van der Waals surface area (Å²) in [6, 6.07) is 10.5. The molecule has 0 atom stereocenters. The molecule has 0 radical (unpaired) electrons. The van der Waals surface area contributed by atoms with Gasteiger partial charge < -0.3 is 16.4 Å². The van der Waals surface area contributed by atoms with E-state index >= 15 is 0 Å². The number of aromatic nitrogens is 3. The summed E-state index contributed by atoms with van der Waals surface area (Å²) in [7, 11) is -2.19. The van der Waals surface area contributed by atoms with Crippen LogP contribution in [0.2, 0.25) is 0 Å². The molecule has 0 aliphatic rings. The fourth-order valence-corrected chi connectivity index (χ4v) is 3.47. The lowest BCUT2D eigenvalue weighted by Crippen LogP contribution is -2.27. The lowest BCUT2D eigenvalue weighted by Gasteiger charge is -2.20. The van der Waals surface area contributed by atoms with Gasteiger partial charge in [0.2, 0.25) is 16.0 Å².